The molecule has 3 heterocycles. The van der Waals surface area contributed by atoms with E-state index < -0.39 is 24.2 Å². The van der Waals surface area contributed by atoms with Gasteiger partial charge in [0, 0.05) is 30.1 Å². The second-order valence-electron chi connectivity index (χ2n) is 8.98. The van der Waals surface area contributed by atoms with Crippen molar-refractivity contribution in [2.24, 2.45) is 5.92 Å². The topological polar surface area (TPSA) is 137 Å². The minimum Gasteiger partial charge on any atom is -0.454 e. The van der Waals surface area contributed by atoms with Crippen LogP contribution < -0.4 is 10.6 Å². The third kappa shape index (κ3) is 4.98. The number of furan rings is 1. The third-order valence-corrected chi connectivity index (χ3v) is 6.60. The van der Waals surface area contributed by atoms with Crippen molar-refractivity contribution in [3.05, 3.63) is 28.7 Å². The predicted octanol–water partition coefficient (Wildman–Crippen LogP) is 3.67. The van der Waals surface area contributed by atoms with E-state index in [1.54, 1.807) is 0 Å². The Labute approximate surface area is 203 Å². The zero-order chi connectivity index (χ0) is 24.4. The Balaban J connectivity index is 1.73. The zero-order valence-electron chi connectivity index (χ0n) is 19.7. The molecular weight excluding hydrogens is 458 g/mol. The molecule has 3 aromatic rings. The summed E-state index contributed by atoms with van der Waals surface area (Å²) in [6.45, 7) is 6.43. The highest BCUT2D eigenvalue weighted by Gasteiger charge is 2.41. The molecule has 184 valence electrons. The zero-order valence-corrected chi connectivity index (χ0v) is 20.4. The number of hydrogen-bond acceptors (Lipinski definition) is 9. The number of aromatic nitrogens is 3. The molecule has 10 heteroatoms. The van der Waals surface area contributed by atoms with Gasteiger partial charge in [-0.2, -0.15) is 4.98 Å². The average Bonchev–Trinajstić information content (AvgIpc) is 3.33. The van der Waals surface area contributed by atoms with E-state index >= 15 is 0 Å². The molecule has 0 aliphatic heterocycles. The first-order valence-electron chi connectivity index (χ1n) is 11.8. The van der Waals surface area contributed by atoms with Crippen LogP contribution in [0, 0.1) is 19.8 Å². The van der Waals surface area contributed by atoms with Gasteiger partial charge in [-0.05, 0) is 38.8 Å². The smallest absolute Gasteiger partial charge is 0.226 e. The summed E-state index contributed by atoms with van der Waals surface area (Å²) in [6.07, 6.45) is 1.44. The lowest BCUT2D eigenvalue weighted by molar-refractivity contribution is 0.00446. The molecule has 1 aliphatic carbocycles. The first kappa shape index (κ1) is 24.7. The molecule has 5 N–H and O–H groups in total. The molecule has 1 saturated carbocycles. The Kier molecular flexibility index (Phi) is 7.57. The number of aliphatic hydroxyl groups excluding tert-OH is 3. The van der Waals surface area contributed by atoms with Crippen LogP contribution in [-0.2, 0) is 0 Å². The van der Waals surface area contributed by atoms with Gasteiger partial charge in [0.1, 0.15) is 22.8 Å². The van der Waals surface area contributed by atoms with Crippen LogP contribution in [0.5, 0.6) is 0 Å². The highest BCUT2D eigenvalue weighted by molar-refractivity contribution is 6.32. The highest BCUT2D eigenvalue weighted by atomic mass is 35.5. The Hall–Kier alpha value is -2.46. The van der Waals surface area contributed by atoms with Gasteiger partial charge in [-0.1, -0.05) is 31.4 Å². The molecule has 0 unspecified atom stereocenters. The summed E-state index contributed by atoms with van der Waals surface area (Å²) >= 11 is 6.66. The van der Waals surface area contributed by atoms with Gasteiger partial charge in [0.15, 0.2) is 5.58 Å². The lowest BCUT2D eigenvalue weighted by Gasteiger charge is -2.21. The minimum absolute atomic E-state index is 0.198. The van der Waals surface area contributed by atoms with E-state index in [4.69, 9.17) is 16.0 Å². The van der Waals surface area contributed by atoms with E-state index in [1.165, 1.54) is 0 Å². The van der Waals surface area contributed by atoms with E-state index in [2.05, 4.69) is 32.5 Å². The number of anilines is 2. The van der Waals surface area contributed by atoms with Gasteiger partial charge >= 0.3 is 0 Å². The van der Waals surface area contributed by atoms with Crippen LogP contribution in [0.1, 0.15) is 44.0 Å². The molecule has 34 heavy (non-hydrogen) atoms. The number of nitrogens with zero attached hydrogens (tertiary/aromatic N) is 3. The van der Waals surface area contributed by atoms with Crippen LogP contribution in [0.25, 0.3) is 22.3 Å². The summed E-state index contributed by atoms with van der Waals surface area (Å²) in [4.78, 5) is 13.5. The number of halogens is 1. The molecule has 0 amide bonds. The Morgan fingerprint density at radius 2 is 1.91 bits per heavy atom. The molecule has 4 atom stereocenters. The fourth-order valence-electron chi connectivity index (χ4n) is 4.53. The number of aryl methyl sites for hydroxylation is 2. The molecule has 4 rings (SSSR count). The lowest BCUT2D eigenvalue weighted by atomic mass is 10.1. The molecule has 1 aliphatic rings. The van der Waals surface area contributed by atoms with E-state index in [0.29, 0.717) is 41.6 Å². The number of nitrogens with one attached hydrogen (secondary N) is 2. The number of aliphatic hydroxyl groups is 3. The fraction of sp³-hybridized carbons (Fsp3) is 0.542. The molecule has 0 aromatic carbocycles. The van der Waals surface area contributed by atoms with Gasteiger partial charge in [0.25, 0.3) is 0 Å². The fourth-order valence-corrected chi connectivity index (χ4v) is 4.79. The Bertz CT molecular complexity index is 1150. The van der Waals surface area contributed by atoms with Crippen molar-refractivity contribution in [1.29, 1.82) is 0 Å². The summed E-state index contributed by atoms with van der Waals surface area (Å²) < 4.78 is 6.13. The van der Waals surface area contributed by atoms with Crippen LogP contribution in [0.2, 0.25) is 5.15 Å². The number of unbranched alkanes of at least 4 members (excludes halogenated alkanes) is 2. The van der Waals surface area contributed by atoms with Crippen molar-refractivity contribution in [2.45, 2.75) is 64.7 Å². The molecule has 3 aromatic heterocycles. The molecule has 0 saturated heterocycles. The van der Waals surface area contributed by atoms with Crippen molar-refractivity contribution in [3.8, 4) is 11.3 Å². The number of fused-ring (bicyclic) bond motifs is 1. The molecule has 1 fully saturated rings. The highest BCUT2D eigenvalue weighted by Crippen LogP contribution is 2.39. The standard InChI is InChI=1S/C24H32ClN5O4/c1-4-5-6-7-26-24-29-22(25)18(17-10-14-8-12(2)27-13(3)21(14)34-17)23(30-24)28-16-9-15(11-31)19(32)20(16)33/h8,10,15-16,19-20,31-33H,4-7,9,11H2,1-3H3,(H2,26,28,29,30)/t15-,16-,19-,20+/m1/s1. The first-order chi connectivity index (χ1) is 16.3. The van der Waals surface area contributed by atoms with Crippen molar-refractivity contribution in [1.82, 2.24) is 15.0 Å². The van der Waals surface area contributed by atoms with Crippen LogP contribution in [0.15, 0.2) is 16.5 Å². The van der Waals surface area contributed by atoms with Crippen molar-refractivity contribution in [3.63, 3.8) is 0 Å². The number of rotatable bonds is 9. The van der Waals surface area contributed by atoms with Crippen LogP contribution in [0.3, 0.4) is 0 Å². The second-order valence-corrected chi connectivity index (χ2v) is 9.34. The van der Waals surface area contributed by atoms with Crippen LogP contribution in [0.4, 0.5) is 11.8 Å². The molecule has 0 bridgehead atoms. The molecular formula is C24H32ClN5O4. The van der Waals surface area contributed by atoms with Crippen molar-refractivity contribution < 1.29 is 19.7 Å². The maximum absolute atomic E-state index is 10.6. The van der Waals surface area contributed by atoms with Gasteiger partial charge in [-0.25, -0.2) is 4.98 Å². The predicted molar refractivity (Wildman–Crippen MR) is 132 cm³/mol. The van der Waals surface area contributed by atoms with Crippen molar-refractivity contribution >= 4 is 34.3 Å². The summed E-state index contributed by atoms with van der Waals surface area (Å²) in [5.74, 6) is 0.795. The number of hydrogen-bond donors (Lipinski definition) is 5. The minimum atomic E-state index is -1.07. The summed E-state index contributed by atoms with van der Waals surface area (Å²) in [6, 6.07) is 3.28. The molecule has 0 radical (unpaired) electrons. The summed E-state index contributed by atoms with van der Waals surface area (Å²) in [7, 11) is 0. The van der Waals surface area contributed by atoms with Crippen molar-refractivity contribution in [2.75, 3.05) is 23.8 Å². The molecule has 0 spiro atoms. The quantitative estimate of drug-likeness (QED) is 0.225. The largest absolute Gasteiger partial charge is 0.454 e. The third-order valence-electron chi connectivity index (χ3n) is 6.33. The van der Waals surface area contributed by atoms with E-state index in [0.717, 1.165) is 36.0 Å². The SMILES string of the molecule is CCCCCNc1nc(Cl)c(-c2cc3cc(C)nc(C)c3o2)c(N[C@@H]2C[C@H](CO)[C@@H](O)[C@H]2O)n1. The monoisotopic (exact) mass is 489 g/mol. The van der Waals surface area contributed by atoms with Gasteiger partial charge in [0.2, 0.25) is 5.95 Å². The Morgan fingerprint density at radius 1 is 1.12 bits per heavy atom. The van der Waals surface area contributed by atoms with E-state index in [1.807, 2.05) is 26.0 Å². The first-order valence-corrected chi connectivity index (χ1v) is 12.1. The van der Waals surface area contributed by atoms with E-state index in [-0.39, 0.29) is 11.8 Å². The van der Waals surface area contributed by atoms with Gasteiger partial charge in [-0.3, -0.25) is 4.98 Å². The molecule has 9 nitrogen and oxygen atoms in total. The normalized spacial score (nSPS) is 22.4. The maximum Gasteiger partial charge on any atom is 0.226 e. The Morgan fingerprint density at radius 3 is 2.62 bits per heavy atom. The second kappa shape index (κ2) is 10.4. The van der Waals surface area contributed by atoms with Gasteiger partial charge in [0.05, 0.1) is 23.4 Å². The average molecular weight is 490 g/mol. The summed E-state index contributed by atoms with van der Waals surface area (Å²) in [5.41, 5.74) is 2.76. The van der Waals surface area contributed by atoms with Crippen LogP contribution >= 0.6 is 11.6 Å². The van der Waals surface area contributed by atoms with Crippen LogP contribution in [-0.4, -0.2) is 61.7 Å². The maximum atomic E-state index is 10.6. The van der Waals surface area contributed by atoms with Gasteiger partial charge in [-0.15, -0.1) is 0 Å². The number of pyridine rings is 1. The summed E-state index contributed by atoms with van der Waals surface area (Å²) in [5, 5.41) is 37.9. The van der Waals surface area contributed by atoms with Gasteiger partial charge < -0.3 is 30.4 Å². The van der Waals surface area contributed by atoms with E-state index in [9.17, 15) is 15.3 Å². The lowest BCUT2D eigenvalue weighted by Crippen LogP contribution is -2.35.